The number of benzene rings is 1. The molecule has 1 fully saturated rings. The molecule has 0 spiro atoms. The lowest BCUT2D eigenvalue weighted by molar-refractivity contribution is -0.136. The maximum atomic E-state index is 12.7. The van der Waals surface area contributed by atoms with E-state index in [0.29, 0.717) is 6.54 Å². The van der Waals surface area contributed by atoms with E-state index < -0.39 is 5.54 Å². The van der Waals surface area contributed by atoms with Crippen molar-refractivity contribution in [1.82, 2.24) is 4.90 Å². The number of amides is 1. The third-order valence-electron chi connectivity index (χ3n) is 4.77. The Morgan fingerprint density at radius 2 is 2.00 bits per heavy atom. The molecule has 22 heavy (non-hydrogen) atoms. The molecule has 3 rings (SSSR count). The maximum absolute atomic E-state index is 12.7. The van der Waals surface area contributed by atoms with E-state index in [4.69, 9.17) is 10.2 Å². The highest BCUT2D eigenvalue weighted by atomic mass is 16.3. The number of fused-ring (bicyclic) bond motifs is 1. The highest BCUT2D eigenvalue weighted by Gasteiger charge is 2.39. The third kappa shape index (κ3) is 2.52. The van der Waals surface area contributed by atoms with Crippen molar-refractivity contribution in [3.8, 4) is 0 Å². The first-order chi connectivity index (χ1) is 10.5. The number of carbonyl (C=O) groups excluding carboxylic acids is 1. The molecule has 1 aromatic carbocycles. The fraction of sp³-hybridized carbons (Fsp3) is 0.500. The number of nitrogens with two attached hydrogens (primary N) is 1. The van der Waals surface area contributed by atoms with E-state index in [1.165, 1.54) is 0 Å². The van der Waals surface area contributed by atoms with Crippen LogP contribution in [0.2, 0.25) is 0 Å². The number of carbonyl (C=O) groups is 1. The topological polar surface area (TPSA) is 59.5 Å². The maximum Gasteiger partial charge on any atom is 0.242 e. The number of likely N-dealkylation sites (N-methyl/N-ethyl adjacent to an activating group) is 1. The van der Waals surface area contributed by atoms with Crippen LogP contribution in [0.1, 0.15) is 43.9 Å². The monoisotopic (exact) mass is 300 g/mol. The van der Waals surface area contributed by atoms with Gasteiger partial charge < -0.3 is 15.1 Å². The SMILES string of the molecule is CCc1oc2ccccc2c1CN(C)C(=O)C1(N)CCCC1. The second kappa shape index (κ2) is 5.76. The number of aryl methyl sites for hydroxylation is 1. The first-order valence-corrected chi connectivity index (χ1v) is 8.09. The molecule has 0 aliphatic heterocycles. The summed E-state index contributed by atoms with van der Waals surface area (Å²) in [6, 6.07) is 8.00. The Labute approximate surface area is 131 Å². The molecule has 0 bridgehead atoms. The van der Waals surface area contributed by atoms with Crippen molar-refractivity contribution < 1.29 is 9.21 Å². The second-order valence-electron chi connectivity index (χ2n) is 6.38. The molecule has 0 atom stereocenters. The fourth-order valence-corrected chi connectivity index (χ4v) is 3.52. The van der Waals surface area contributed by atoms with Crippen LogP contribution in [0.3, 0.4) is 0 Å². The summed E-state index contributed by atoms with van der Waals surface area (Å²) in [5.41, 5.74) is 7.63. The predicted molar refractivity (Wildman–Crippen MR) is 87.5 cm³/mol. The van der Waals surface area contributed by atoms with Crippen LogP contribution < -0.4 is 5.73 Å². The van der Waals surface area contributed by atoms with Crippen molar-refractivity contribution in [3.63, 3.8) is 0 Å². The van der Waals surface area contributed by atoms with Gasteiger partial charge in [0, 0.05) is 31.0 Å². The normalized spacial score (nSPS) is 17.0. The predicted octanol–water partition coefficient (Wildman–Crippen LogP) is 3.23. The van der Waals surface area contributed by atoms with E-state index in [-0.39, 0.29) is 5.91 Å². The molecule has 1 aliphatic rings. The van der Waals surface area contributed by atoms with Crippen molar-refractivity contribution in [2.75, 3.05) is 7.05 Å². The van der Waals surface area contributed by atoms with E-state index in [2.05, 4.69) is 13.0 Å². The van der Waals surface area contributed by atoms with Crippen LogP contribution in [0.4, 0.5) is 0 Å². The number of furan rings is 1. The molecule has 1 amide bonds. The van der Waals surface area contributed by atoms with Crippen LogP contribution in [0, 0.1) is 0 Å². The number of hydrogen-bond acceptors (Lipinski definition) is 3. The number of rotatable bonds is 4. The van der Waals surface area contributed by atoms with Gasteiger partial charge in [-0.25, -0.2) is 0 Å². The van der Waals surface area contributed by atoms with Gasteiger partial charge >= 0.3 is 0 Å². The zero-order chi connectivity index (χ0) is 15.7. The van der Waals surface area contributed by atoms with Gasteiger partial charge in [0.1, 0.15) is 11.3 Å². The molecular formula is C18H24N2O2. The highest BCUT2D eigenvalue weighted by molar-refractivity contribution is 5.87. The zero-order valence-electron chi connectivity index (χ0n) is 13.4. The first-order valence-electron chi connectivity index (χ1n) is 8.09. The van der Waals surface area contributed by atoms with Crippen molar-refractivity contribution in [2.24, 2.45) is 5.73 Å². The molecule has 4 heteroatoms. The van der Waals surface area contributed by atoms with Gasteiger partial charge in [0.2, 0.25) is 5.91 Å². The Bertz CT molecular complexity index is 683. The van der Waals surface area contributed by atoms with Crippen LogP contribution >= 0.6 is 0 Å². The lowest BCUT2D eigenvalue weighted by atomic mass is 9.97. The van der Waals surface area contributed by atoms with E-state index in [1.54, 1.807) is 4.90 Å². The fourth-order valence-electron chi connectivity index (χ4n) is 3.52. The Hall–Kier alpha value is -1.81. The Balaban J connectivity index is 1.87. The van der Waals surface area contributed by atoms with Crippen LogP contribution in [0.15, 0.2) is 28.7 Å². The van der Waals surface area contributed by atoms with Gasteiger partial charge in [-0.2, -0.15) is 0 Å². The number of para-hydroxylation sites is 1. The van der Waals surface area contributed by atoms with Crippen molar-refractivity contribution in [1.29, 1.82) is 0 Å². The van der Waals surface area contributed by atoms with E-state index >= 15 is 0 Å². The Kier molecular flexibility index (Phi) is 3.96. The minimum absolute atomic E-state index is 0.0531. The molecule has 4 nitrogen and oxygen atoms in total. The van der Waals surface area contributed by atoms with Crippen molar-refractivity contribution in [2.45, 2.75) is 51.1 Å². The summed E-state index contributed by atoms with van der Waals surface area (Å²) in [5.74, 6) is 1.01. The molecule has 1 saturated carbocycles. The van der Waals surface area contributed by atoms with Crippen LogP contribution in [0.25, 0.3) is 11.0 Å². The molecule has 1 heterocycles. The minimum Gasteiger partial charge on any atom is -0.461 e. The summed E-state index contributed by atoms with van der Waals surface area (Å²) >= 11 is 0. The minimum atomic E-state index is -0.666. The van der Waals surface area contributed by atoms with Gasteiger partial charge in [-0.3, -0.25) is 4.79 Å². The second-order valence-corrected chi connectivity index (χ2v) is 6.38. The average molecular weight is 300 g/mol. The molecular weight excluding hydrogens is 276 g/mol. The van der Waals surface area contributed by atoms with Gasteiger partial charge in [0.05, 0.1) is 5.54 Å². The van der Waals surface area contributed by atoms with Gasteiger partial charge in [-0.1, -0.05) is 38.0 Å². The summed E-state index contributed by atoms with van der Waals surface area (Å²) < 4.78 is 5.91. The summed E-state index contributed by atoms with van der Waals surface area (Å²) in [5, 5.41) is 1.09. The van der Waals surface area contributed by atoms with E-state index in [0.717, 1.165) is 54.4 Å². The smallest absolute Gasteiger partial charge is 0.242 e. The molecule has 1 aliphatic carbocycles. The van der Waals surface area contributed by atoms with Crippen LogP contribution in [0.5, 0.6) is 0 Å². The average Bonchev–Trinajstić information content (AvgIpc) is 3.12. The van der Waals surface area contributed by atoms with Crippen molar-refractivity contribution >= 4 is 16.9 Å². The van der Waals surface area contributed by atoms with E-state index in [9.17, 15) is 4.79 Å². The van der Waals surface area contributed by atoms with Crippen molar-refractivity contribution in [3.05, 3.63) is 35.6 Å². The molecule has 118 valence electrons. The lowest BCUT2D eigenvalue weighted by Crippen LogP contribution is -2.52. The number of hydrogen-bond donors (Lipinski definition) is 1. The third-order valence-corrected chi connectivity index (χ3v) is 4.77. The zero-order valence-corrected chi connectivity index (χ0v) is 13.4. The molecule has 2 aromatic rings. The lowest BCUT2D eigenvalue weighted by Gasteiger charge is -2.28. The molecule has 2 N–H and O–H groups in total. The highest BCUT2D eigenvalue weighted by Crippen LogP contribution is 2.31. The first kappa shape index (κ1) is 15.1. The summed E-state index contributed by atoms with van der Waals surface area (Å²) in [6.07, 6.45) is 4.50. The summed E-state index contributed by atoms with van der Waals surface area (Å²) in [4.78, 5) is 14.5. The summed E-state index contributed by atoms with van der Waals surface area (Å²) in [7, 11) is 1.84. The number of nitrogens with zero attached hydrogens (tertiary/aromatic N) is 1. The van der Waals surface area contributed by atoms with Crippen LogP contribution in [-0.4, -0.2) is 23.4 Å². The molecule has 0 saturated heterocycles. The Morgan fingerprint density at radius 1 is 1.32 bits per heavy atom. The summed E-state index contributed by atoms with van der Waals surface area (Å²) in [6.45, 7) is 2.63. The van der Waals surface area contributed by atoms with E-state index in [1.807, 2.05) is 25.2 Å². The Morgan fingerprint density at radius 3 is 2.68 bits per heavy atom. The quantitative estimate of drug-likeness (QED) is 0.943. The van der Waals surface area contributed by atoms with Gasteiger partial charge in [-0.05, 0) is 18.9 Å². The molecule has 0 radical (unpaired) electrons. The van der Waals surface area contributed by atoms with Gasteiger partial charge in [0.15, 0.2) is 0 Å². The van der Waals surface area contributed by atoms with Crippen LogP contribution in [-0.2, 0) is 17.8 Å². The standard InChI is InChI=1S/C18H24N2O2/c1-3-15-14(13-8-4-5-9-16(13)22-15)12-20(2)17(21)18(19)10-6-7-11-18/h4-5,8-9H,3,6-7,10-12,19H2,1-2H3. The molecule has 1 aromatic heterocycles. The van der Waals surface area contributed by atoms with Gasteiger partial charge in [0.25, 0.3) is 0 Å². The largest absolute Gasteiger partial charge is 0.461 e. The molecule has 0 unspecified atom stereocenters. The van der Waals surface area contributed by atoms with Gasteiger partial charge in [-0.15, -0.1) is 0 Å².